The fourth-order valence-electron chi connectivity index (χ4n) is 2.00. The van der Waals surface area contributed by atoms with E-state index >= 15 is 0 Å². The zero-order chi connectivity index (χ0) is 13.3. The van der Waals surface area contributed by atoms with E-state index in [2.05, 4.69) is 0 Å². The Labute approximate surface area is 113 Å². The molecule has 1 aromatic carbocycles. The van der Waals surface area contributed by atoms with E-state index in [9.17, 15) is 8.42 Å². The average Bonchev–Trinajstić information content (AvgIpc) is 2.26. The molecule has 0 saturated heterocycles. The standard InChI is InChI=1S/C12H17ClN2O2S/c1-15(8-9-3-2-4-9)18(16,17)10-5-6-11(13)12(14)7-10/h5-7,9H,2-4,8,14H2,1H3. The zero-order valence-corrected chi connectivity index (χ0v) is 11.8. The Hall–Kier alpha value is -0.780. The van der Waals surface area contributed by atoms with Crippen LogP contribution in [0.2, 0.25) is 5.02 Å². The second-order valence-corrected chi connectivity index (χ2v) is 7.22. The van der Waals surface area contributed by atoms with E-state index in [1.54, 1.807) is 7.05 Å². The van der Waals surface area contributed by atoms with Crippen molar-refractivity contribution in [1.82, 2.24) is 4.31 Å². The molecule has 2 rings (SSSR count). The van der Waals surface area contributed by atoms with E-state index in [0.717, 1.165) is 12.8 Å². The minimum Gasteiger partial charge on any atom is -0.397 e. The normalized spacial score (nSPS) is 16.8. The van der Waals surface area contributed by atoms with Gasteiger partial charge in [0, 0.05) is 13.6 Å². The van der Waals surface area contributed by atoms with Gasteiger partial charge in [0.25, 0.3) is 0 Å². The van der Waals surface area contributed by atoms with Gasteiger partial charge in [-0.2, -0.15) is 0 Å². The van der Waals surface area contributed by atoms with Crippen molar-refractivity contribution >= 4 is 27.3 Å². The van der Waals surface area contributed by atoms with Crippen LogP contribution in [0.25, 0.3) is 0 Å². The van der Waals surface area contributed by atoms with Gasteiger partial charge in [-0.1, -0.05) is 18.0 Å². The largest absolute Gasteiger partial charge is 0.397 e. The van der Waals surface area contributed by atoms with E-state index in [1.165, 1.54) is 28.9 Å². The molecule has 0 radical (unpaired) electrons. The van der Waals surface area contributed by atoms with E-state index in [-0.39, 0.29) is 10.6 Å². The van der Waals surface area contributed by atoms with Crippen molar-refractivity contribution in [2.45, 2.75) is 24.2 Å². The third-order valence-corrected chi connectivity index (χ3v) is 5.58. The summed E-state index contributed by atoms with van der Waals surface area (Å²) in [4.78, 5) is 0.200. The molecular formula is C12H17ClN2O2S. The Balaban J connectivity index is 2.20. The first-order valence-electron chi connectivity index (χ1n) is 5.92. The summed E-state index contributed by atoms with van der Waals surface area (Å²) in [6, 6.07) is 4.42. The molecule has 18 heavy (non-hydrogen) atoms. The second-order valence-electron chi connectivity index (χ2n) is 4.77. The van der Waals surface area contributed by atoms with Crippen LogP contribution in [0.1, 0.15) is 19.3 Å². The Morgan fingerprint density at radius 2 is 2.11 bits per heavy atom. The topological polar surface area (TPSA) is 63.4 Å². The molecule has 100 valence electrons. The van der Waals surface area contributed by atoms with Crippen LogP contribution in [0.4, 0.5) is 5.69 Å². The van der Waals surface area contributed by atoms with Gasteiger partial charge in [-0.15, -0.1) is 0 Å². The number of rotatable bonds is 4. The van der Waals surface area contributed by atoms with Crippen LogP contribution in [0.15, 0.2) is 23.1 Å². The predicted molar refractivity (Wildman–Crippen MR) is 73.0 cm³/mol. The van der Waals surface area contributed by atoms with E-state index in [4.69, 9.17) is 17.3 Å². The number of benzene rings is 1. The Kier molecular flexibility index (Phi) is 3.84. The molecule has 2 N–H and O–H groups in total. The van der Waals surface area contributed by atoms with Gasteiger partial charge in [-0.25, -0.2) is 12.7 Å². The summed E-state index contributed by atoms with van der Waals surface area (Å²) in [5, 5.41) is 0.371. The lowest BCUT2D eigenvalue weighted by Gasteiger charge is -2.29. The number of halogens is 1. The maximum absolute atomic E-state index is 12.3. The van der Waals surface area contributed by atoms with Gasteiger partial charge >= 0.3 is 0 Å². The predicted octanol–water partition coefficient (Wildman–Crippen LogP) is 2.34. The van der Waals surface area contributed by atoms with Gasteiger partial charge in [0.2, 0.25) is 10.0 Å². The summed E-state index contributed by atoms with van der Waals surface area (Å²) in [5.74, 6) is 0.495. The summed E-state index contributed by atoms with van der Waals surface area (Å²) >= 11 is 5.79. The lowest BCUT2D eigenvalue weighted by Crippen LogP contribution is -2.34. The molecule has 0 aromatic heterocycles. The molecule has 0 atom stereocenters. The van der Waals surface area contributed by atoms with E-state index in [0.29, 0.717) is 17.5 Å². The van der Waals surface area contributed by atoms with Crippen molar-refractivity contribution in [3.05, 3.63) is 23.2 Å². The van der Waals surface area contributed by atoms with Crippen molar-refractivity contribution < 1.29 is 8.42 Å². The maximum atomic E-state index is 12.3. The quantitative estimate of drug-likeness (QED) is 0.865. The molecule has 1 fully saturated rings. The molecule has 0 bridgehead atoms. The van der Waals surface area contributed by atoms with Crippen molar-refractivity contribution in [1.29, 1.82) is 0 Å². The summed E-state index contributed by atoms with van der Waals surface area (Å²) in [5.41, 5.74) is 5.93. The molecule has 1 aliphatic carbocycles. The highest BCUT2D eigenvalue weighted by molar-refractivity contribution is 7.89. The van der Waals surface area contributed by atoms with Crippen LogP contribution in [0.3, 0.4) is 0 Å². The Morgan fingerprint density at radius 1 is 1.44 bits per heavy atom. The van der Waals surface area contributed by atoms with Crippen LogP contribution in [0.5, 0.6) is 0 Å². The maximum Gasteiger partial charge on any atom is 0.242 e. The summed E-state index contributed by atoms with van der Waals surface area (Å²) in [6.07, 6.45) is 3.43. The summed E-state index contributed by atoms with van der Waals surface area (Å²) < 4.78 is 26.0. The number of hydrogen-bond acceptors (Lipinski definition) is 3. The number of nitrogens with zero attached hydrogens (tertiary/aromatic N) is 1. The molecule has 0 aliphatic heterocycles. The molecule has 0 heterocycles. The summed E-state index contributed by atoms with van der Waals surface area (Å²) in [7, 11) is -1.85. The highest BCUT2D eigenvalue weighted by Crippen LogP contribution is 2.29. The fraction of sp³-hybridized carbons (Fsp3) is 0.500. The number of hydrogen-bond donors (Lipinski definition) is 1. The average molecular weight is 289 g/mol. The molecule has 0 unspecified atom stereocenters. The lowest BCUT2D eigenvalue weighted by atomic mass is 9.86. The van der Waals surface area contributed by atoms with Gasteiger partial charge in [-0.05, 0) is 37.0 Å². The number of nitrogen functional groups attached to an aromatic ring is 1. The van der Waals surface area contributed by atoms with Gasteiger partial charge in [0.15, 0.2) is 0 Å². The minimum absolute atomic E-state index is 0.200. The highest BCUT2D eigenvalue weighted by Gasteiger charge is 2.26. The molecular weight excluding hydrogens is 272 g/mol. The zero-order valence-electron chi connectivity index (χ0n) is 10.3. The van der Waals surface area contributed by atoms with Crippen molar-refractivity contribution in [2.24, 2.45) is 5.92 Å². The molecule has 0 amide bonds. The van der Waals surface area contributed by atoms with Crippen molar-refractivity contribution in [3.63, 3.8) is 0 Å². The first-order valence-corrected chi connectivity index (χ1v) is 7.74. The third-order valence-electron chi connectivity index (χ3n) is 3.42. The van der Waals surface area contributed by atoms with Crippen LogP contribution in [-0.4, -0.2) is 26.3 Å². The van der Waals surface area contributed by atoms with Crippen LogP contribution < -0.4 is 5.73 Å². The highest BCUT2D eigenvalue weighted by atomic mass is 35.5. The second kappa shape index (κ2) is 5.07. The van der Waals surface area contributed by atoms with Crippen LogP contribution >= 0.6 is 11.6 Å². The van der Waals surface area contributed by atoms with Crippen LogP contribution in [-0.2, 0) is 10.0 Å². The van der Waals surface area contributed by atoms with Gasteiger partial charge in [-0.3, -0.25) is 0 Å². The van der Waals surface area contributed by atoms with Crippen LogP contribution in [0, 0.1) is 5.92 Å². The lowest BCUT2D eigenvalue weighted by molar-refractivity contribution is 0.263. The number of sulfonamides is 1. The van der Waals surface area contributed by atoms with Crippen molar-refractivity contribution in [3.8, 4) is 0 Å². The first kappa shape index (κ1) is 13.6. The number of anilines is 1. The minimum atomic E-state index is -3.45. The van der Waals surface area contributed by atoms with E-state index < -0.39 is 10.0 Å². The van der Waals surface area contributed by atoms with Gasteiger partial charge in [0.1, 0.15) is 0 Å². The van der Waals surface area contributed by atoms with Gasteiger partial charge < -0.3 is 5.73 Å². The SMILES string of the molecule is CN(CC1CCC1)S(=O)(=O)c1ccc(Cl)c(N)c1. The first-order chi connectivity index (χ1) is 8.41. The smallest absolute Gasteiger partial charge is 0.242 e. The molecule has 6 heteroatoms. The van der Waals surface area contributed by atoms with E-state index in [1.807, 2.05) is 0 Å². The van der Waals surface area contributed by atoms with Crippen molar-refractivity contribution in [2.75, 3.05) is 19.3 Å². The third kappa shape index (κ3) is 2.63. The Morgan fingerprint density at radius 3 is 2.61 bits per heavy atom. The monoisotopic (exact) mass is 288 g/mol. The summed E-state index contributed by atoms with van der Waals surface area (Å²) in [6.45, 7) is 0.574. The fourth-order valence-corrected chi connectivity index (χ4v) is 3.40. The molecule has 1 aromatic rings. The number of nitrogens with two attached hydrogens (primary N) is 1. The molecule has 0 spiro atoms. The molecule has 4 nitrogen and oxygen atoms in total. The van der Waals surface area contributed by atoms with Gasteiger partial charge in [0.05, 0.1) is 15.6 Å². The molecule has 1 aliphatic rings. The molecule has 1 saturated carbocycles. The Bertz CT molecular complexity index is 541.